The molecule has 0 saturated carbocycles. The summed E-state index contributed by atoms with van der Waals surface area (Å²) < 4.78 is 0. The van der Waals surface area contributed by atoms with Crippen LogP contribution in [0.15, 0.2) is 0 Å². The summed E-state index contributed by atoms with van der Waals surface area (Å²) in [6.07, 6.45) is 0. The fraction of sp³-hybridized carbons (Fsp3) is 0. The molecule has 0 fully saturated rings. The van der Waals surface area contributed by atoms with Crippen molar-refractivity contribution in [2.45, 2.75) is 0 Å². The van der Waals surface area contributed by atoms with E-state index < -0.39 is 0 Å². The minimum atomic E-state index is 0. The van der Waals surface area contributed by atoms with Gasteiger partial charge in [0, 0.05) is 0 Å². The molecule has 1 atom stereocenters. The normalized spacial score (nSPS) is 0. The molecule has 0 aliphatic heterocycles. The second-order valence-electron chi connectivity index (χ2n) is 0. The average Bonchev–Trinajstić information content (AvgIpc) is 0. The molecule has 0 aromatic rings. The van der Waals surface area contributed by atoms with Crippen molar-refractivity contribution < 1.29 is 16.5 Å². The van der Waals surface area contributed by atoms with E-state index in [1.165, 1.54) is 0 Å². The molecule has 0 rings (SSSR count). The van der Waals surface area contributed by atoms with Crippen LogP contribution >= 0.6 is 9.90 Å². The van der Waals surface area contributed by atoms with E-state index in [0.29, 0.717) is 0 Å². The van der Waals surface area contributed by atoms with Gasteiger partial charge in [0.15, 0.2) is 0 Å². The molecule has 2 heteroatoms. The van der Waals surface area contributed by atoms with Crippen LogP contribution in [0.2, 0.25) is 0 Å². The molecule has 1 radical (unpaired) electrons. The number of hydrogen-bond donors (Lipinski definition) is 0. The van der Waals surface area contributed by atoms with Gasteiger partial charge in [0.25, 0.3) is 0 Å². The quantitative estimate of drug-likeness (QED) is 0.255. The van der Waals surface area contributed by atoms with Crippen molar-refractivity contribution in [3.05, 3.63) is 14.9 Å². The molecular formula is C2H9NiP+. The van der Waals surface area contributed by atoms with Crippen LogP contribution in [-0.2, 0) is 16.5 Å². The van der Waals surface area contributed by atoms with Crippen molar-refractivity contribution in [1.82, 2.24) is 0 Å². The summed E-state index contributed by atoms with van der Waals surface area (Å²) in [4.78, 5) is 0. The van der Waals surface area contributed by atoms with Crippen LogP contribution in [-0.4, -0.2) is 0 Å². The first-order chi connectivity index (χ1) is 0. The topological polar surface area (TPSA) is 0 Å². The number of hydrogen-bond acceptors (Lipinski definition) is 0. The molecule has 0 aromatic heterocycles. The van der Waals surface area contributed by atoms with E-state index in [-0.39, 0.29) is 41.2 Å². The summed E-state index contributed by atoms with van der Waals surface area (Å²) in [6.45, 7) is 0. The Morgan fingerprint density at radius 1 is 0.750 bits per heavy atom. The molecule has 0 heterocycles. The number of rotatable bonds is 0. The molecule has 0 spiro atoms. The van der Waals surface area contributed by atoms with Gasteiger partial charge in [-0.05, 0) is 0 Å². The average molecular weight is 123 g/mol. The molecule has 31 valence electrons. The van der Waals surface area contributed by atoms with Gasteiger partial charge in [-0.2, -0.15) is 9.90 Å². The maximum absolute atomic E-state index is 0. The van der Waals surface area contributed by atoms with Crippen LogP contribution in [0.1, 0.15) is 0 Å². The summed E-state index contributed by atoms with van der Waals surface area (Å²) in [6, 6.07) is 0. The molecule has 0 bridgehead atoms. The third-order valence-electron chi connectivity index (χ3n) is 0. The predicted molar refractivity (Wildman–Crippen MR) is 23.9 cm³/mol. The van der Waals surface area contributed by atoms with Gasteiger partial charge in [0.1, 0.15) is 0 Å². The summed E-state index contributed by atoms with van der Waals surface area (Å²) in [5, 5.41) is 0. The van der Waals surface area contributed by atoms with Crippen molar-refractivity contribution >= 4 is 9.90 Å². The first-order valence-corrected chi connectivity index (χ1v) is 0. The first kappa shape index (κ1) is 88.9. The Bertz CT molecular complexity index is 6.00. The van der Waals surface area contributed by atoms with E-state index in [0.717, 1.165) is 0 Å². The minimum Gasteiger partial charge on any atom is -0.358 e. The van der Waals surface area contributed by atoms with Gasteiger partial charge in [-0.1, -0.05) is 0 Å². The SMILES string of the molecule is P.[CH3-].[CH3-].[Ni+3]. The van der Waals surface area contributed by atoms with E-state index in [1.54, 1.807) is 0 Å². The monoisotopic (exact) mass is 122 g/mol. The van der Waals surface area contributed by atoms with Crippen LogP contribution in [0.25, 0.3) is 0 Å². The summed E-state index contributed by atoms with van der Waals surface area (Å²) in [5.74, 6) is 0. The van der Waals surface area contributed by atoms with Gasteiger partial charge >= 0.3 is 16.5 Å². The second kappa shape index (κ2) is 39.3. The maximum Gasteiger partial charge on any atom is 3.00 e. The van der Waals surface area contributed by atoms with Crippen LogP contribution < -0.4 is 0 Å². The first-order valence-electron chi connectivity index (χ1n) is 0. The fourth-order valence-corrected chi connectivity index (χ4v) is 0. The third kappa shape index (κ3) is 12.7. The van der Waals surface area contributed by atoms with E-state index in [1.807, 2.05) is 0 Å². The smallest absolute Gasteiger partial charge is 0.358 e. The fourth-order valence-electron chi connectivity index (χ4n) is 0. The third-order valence-corrected chi connectivity index (χ3v) is 0. The van der Waals surface area contributed by atoms with Gasteiger partial charge in [0.05, 0.1) is 0 Å². The van der Waals surface area contributed by atoms with Crippen LogP contribution in [0, 0.1) is 14.9 Å². The Labute approximate surface area is 41.9 Å². The Morgan fingerprint density at radius 3 is 0.750 bits per heavy atom. The van der Waals surface area contributed by atoms with Crippen molar-refractivity contribution in [3.8, 4) is 0 Å². The molecule has 0 amide bonds. The maximum atomic E-state index is 0. The second-order valence-corrected chi connectivity index (χ2v) is 0. The Morgan fingerprint density at radius 2 is 0.750 bits per heavy atom. The molecule has 0 aliphatic rings. The zero-order valence-corrected chi connectivity index (χ0v) is 5.43. The standard InChI is InChI=1S/2CH3.Ni.H3P/h2*1H3;;1H3/q2*-1;+3;. The van der Waals surface area contributed by atoms with E-state index in [2.05, 4.69) is 0 Å². The zero-order valence-electron chi connectivity index (χ0n) is 3.02. The molecule has 0 saturated heterocycles. The van der Waals surface area contributed by atoms with E-state index >= 15 is 0 Å². The summed E-state index contributed by atoms with van der Waals surface area (Å²) >= 11 is 0. The summed E-state index contributed by atoms with van der Waals surface area (Å²) in [5.41, 5.74) is 0. The van der Waals surface area contributed by atoms with E-state index in [9.17, 15) is 0 Å². The molecular weight excluding hydrogens is 114 g/mol. The van der Waals surface area contributed by atoms with Crippen LogP contribution in [0.5, 0.6) is 0 Å². The van der Waals surface area contributed by atoms with Crippen molar-refractivity contribution in [2.75, 3.05) is 0 Å². The Hall–Kier alpha value is 0.924. The molecule has 0 aliphatic carbocycles. The van der Waals surface area contributed by atoms with Gasteiger partial charge in [0.2, 0.25) is 0 Å². The van der Waals surface area contributed by atoms with Crippen molar-refractivity contribution in [2.24, 2.45) is 0 Å². The predicted octanol–water partition coefficient (Wildman–Crippen LogP) is 0.956. The molecule has 0 N–H and O–H groups in total. The van der Waals surface area contributed by atoms with Gasteiger partial charge < -0.3 is 14.9 Å². The van der Waals surface area contributed by atoms with Crippen molar-refractivity contribution in [3.63, 3.8) is 0 Å². The van der Waals surface area contributed by atoms with E-state index in [4.69, 9.17) is 0 Å². The largest absolute Gasteiger partial charge is 3.00 e. The molecule has 1 unspecified atom stereocenters. The van der Waals surface area contributed by atoms with Gasteiger partial charge in [-0.3, -0.25) is 0 Å². The Kier molecular flexibility index (Phi) is 874. The molecule has 0 aromatic carbocycles. The van der Waals surface area contributed by atoms with Crippen LogP contribution in [0.4, 0.5) is 0 Å². The molecule has 0 nitrogen and oxygen atoms in total. The van der Waals surface area contributed by atoms with Gasteiger partial charge in [-0.15, -0.1) is 0 Å². The van der Waals surface area contributed by atoms with Crippen molar-refractivity contribution in [1.29, 1.82) is 0 Å². The molecule has 4 heavy (non-hydrogen) atoms. The minimum absolute atomic E-state index is 0. The Balaban J connectivity index is 0. The summed E-state index contributed by atoms with van der Waals surface area (Å²) in [7, 11) is 0. The zero-order chi connectivity index (χ0) is 0. The van der Waals surface area contributed by atoms with Crippen LogP contribution in [0.3, 0.4) is 0 Å². The van der Waals surface area contributed by atoms with Gasteiger partial charge in [-0.25, -0.2) is 0 Å².